The van der Waals surface area contributed by atoms with Crippen LogP contribution in [0.15, 0.2) is 22.7 Å². The highest BCUT2D eigenvalue weighted by Crippen LogP contribution is 2.40. The highest BCUT2D eigenvalue weighted by atomic mass is 35.5. The van der Waals surface area contributed by atoms with Gasteiger partial charge in [0.1, 0.15) is 5.76 Å². The lowest BCUT2D eigenvalue weighted by Crippen LogP contribution is -2.18. The summed E-state index contributed by atoms with van der Waals surface area (Å²) in [7, 11) is 0. The first-order valence-electron chi connectivity index (χ1n) is 11.5. The van der Waals surface area contributed by atoms with Crippen LogP contribution in [-0.2, 0) is 16.0 Å². The van der Waals surface area contributed by atoms with Crippen molar-refractivity contribution in [2.45, 2.75) is 84.0 Å². The van der Waals surface area contributed by atoms with E-state index in [0.717, 1.165) is 54.7 Å². The van der Waals surface area contributed by atoms with Crippen molar-refractivity contribution in [3.8, 4) is 0 Å². The number of fused-ring (bicyclic) bond motifs is 1. The van der Waals surface area contributed by atoms with Gasteiger partial charge in [0.15, 0.2) is 0 Å². The second kappa shape index (κ2) is 11.0. The fourth-order valence-corrected chi connectivity index (χ4v) is 4.76. The maximum Gasteiger partial charge on any atom is 0.303 e. The Labute approximate surface area is 194 Å². The molecule has 174 valence electrons. The summed E-state index contributed by atoms with van der Waals surface area (Å²) in [5, 5.41) is 16.9. The summed E-state index contributed by atoms with van der Waals surface area (Å²) in [6, 6.07) is 5.46. The molecule has 2 N–H and O–H groups in total. The van der Waals surface area contributed by atoms with Crippen LogP contribution in [0.4, 0.5) is 5.69 Å². The van der Waals surface area contributed by atoms with Crippen LogP contribution >= 0.6 is 11.6 Å². The Balaban J connectivity index is 1.78. The van der Waals surface area contributed by atoms with Crippen LogP contribution in [0.1, 0.15) is 93.2 Å². The minimum atomic E-state index is -0.885. The molecular weight excluding hydrogens is 428 g/mol. The molecule has 0 fully saturated rings. The van der Waals surface area contributed by atoms with Gasteiger partial charge in [-0.2, -0.15) is 0 Å². The molecule has 32 heavy (non-hydrogen) atoms. The Hall–Kier alpha value is -2.34. The lowest BCUT2D eigenvalue weighted by atomic mass is 9.81. The van der Waals surface area contributed by atoms with E-state index in [-0.39, 0.29) is 24.7 Å². The Morgan fingerprint density at radius 2 is 2.09 bits per heavy atom. The van der Waals surface area contributed by atoms with Crippen molar-refractivity contribution in [2.75, 3.05) is 5.32 Å². The zero-order chi connectivity index (χ0) is 23.3. The number of rotatable bonds is 10. The Morgan fingerprint density at radius 1 is 1.31 bits per heavy atom. The SMILES string of the molecule is Cc1ccc(NC(=O)CC(CCC(=O)O)c2noc3c2CCC[C@H]3CCC(C)C)c(Cl)c1. The van der Waals surface area contributed by atoms with E-state index in [2.05, 4.69) is 24.3 Å². The van der Waals surface area contributed by atoms with Crippen molar-refractivity contribution < 1.29 is 19.2 Å². The second-order valence-corrected chi connectivity index (χ2v) is 9.74. The number of aryl methyl sites for hydroxylation is 1. The van der Waals surface area contributed by atoms with Crippen molar-refractivity contribution in [2.24, 2.45) is 5.92 Å². The van der Waals surface area contributed by atoms with Crippen molar-refractivity contribution in [1.29, 1.82) is 0 Å². The summed E-state index contributed by atoms with van der Waals surface area (Å²) in [5.74, 6) is 0.506. The summed E-state index contributed by atoms with van der Waals surface area (Å²) >= 11 is 6.26. The molecule has 7 heteroatoms. The number of carbonyl (C=O) groups excluding carboxylic acids is 1. The fraction of sp³-hybridized carbons (Fsp3) is 0.560. The van der Waals surface area contributed by atoms with E-state index in [0.29, 0.717) is 29.0 Å². The number of anilines is 1. The summed E-state index contributed by atoms with van der Waals surface area (Å²) in [5.41, 5.74) is 3.39. The molecule has 2 atom stereocenters. The molecule has 1 aliphatic rings. The van der Waals surface area contributed by atoms with E-state index >= 15 is 0 Å². The molecule has 0 bridgehead atoms. The number of aliphatic carboxylic acids is 1. The molecule has 6 nitrogen and oxygen atoms in total. The molecule has 3 rings (SSSR count). The molecule has 1 amide bonds. The molecule has 1 aliphatic carbocycles. The standard InChI is InChI=1S/C25H33ClN2O4/c1-15(2)7-9-17-5-4-6-19-24(28-32-25(17)19)18(10-12-23(30)31)14-22(29)27-21-11-8-16(3)13-20(21)26/h8,11,13,15,17-18H,4-7,9-10,12,14H2,1-3H3,(H,27,29)(H,30,31)/t17-,18?/m0/s1. The molecule has 0 spiro atoms. The fourth-order valence-electron chi connectivity index (χ4n) is 4.47. The van der Waals surface area contributed by atoms with Gasteiger partial charge in [0.05, 0.1) is 16.4 Å². The first kappa shape index (κ1) is 24.3. The van der Waals surface area contributed by atoms with Crippen LogP contribution in [-0.4, -0.2) is 22.1 Å². The topological polar surface area (TPSA) is 92.4 Å². The third-order valence-electron chi connectivity index (χ3n) is 6.22. The van der Waals surface area contributed by atoms with Gasteiger partial charge in [0, 0.05) is 30.2 Å². The number of carboxylic acid groups (broad SMARTS) is 1. The van der Waals surface area contributed by atoms with Crippen LogP contribution in [0.5, 0.6) is 0 Å². The first-order valence-corrected chi connectivity index (χ1v) is 11.9. The minimum absolute atomic E-state index is 0.0261. The highest BCUT2D eigenvalue weighted by Gasteiger charge is 2.32. The maximum atomic E-state index is 12.8. The van der Waals surface area contributed by atoms with Crippen LogP contribution in [0.25, 0.3) is 0 Å². The van der Waals surface area contributed by atoms with E-state index in [9.17, 15) is 14.7 Å². The smallest absolute Gasteiger partial charge is 0.303 e. The lowest BCUT2D eigenvalue weighted by Gasteiger charge is -2.22. The van der Waals surface area contributed by atoms with Crippen LogP contribution in [0, 0.1) is 12.8 Å². The van der Waals surface area contributed by atoms with E-state index in [4.69, 9.17) is 16.1 Å². The number of carbonyl (C=O) groups is 2. The highest BCUT2D eigenvalue weighted by molar-refractivity contribution is 6.33. The number of aromatic nitrogens is 1. The zero-order valence-electron chi connectivity index (χ0n) is 19.1. The number of nitrogens with zero attached hydrogens (tertiary/aromatic N) is 1. The molecule has 1 aromatic heterocycles. The Morgan fingerprint density at radius 3 is 2.78 bits per heavy atom. The van der Waals surface area contributed by atoms with Crippen molar-refractivity contribution >= 4 is 29.2 Å². The lowest BCUT2D eigenvalue weighted by molar-refractivity contribution is -0.137. The molecule has 0 aliphatic heterocycles. The number of carboxylic acids is 1. The molecule has 1 aromatic carbocycles. The number of amides is 1. The number of nitrogens with one attached hydrogen (secondary N) is 1. The van der Waals surface area contributed by atoms with Crippen LogP contribution < -0.4 is 5.32 Å². The van der Waals surface area contributed by atoms with E-state index in [1.807, 2.05) is 13.0 Å². The average molecular weight is 461 g/mol. The molecule has 1 unspecified atom stereocenters. The summed E-state index contributed by atoms with van der Waals surface area (Å²) in [4.78, 5) is 24.1. The monoisotopic (exact) mass is 460 g/mol. The molecular formula is C25H33ClN2O4. The minimum Gasteiger partial charge on any atom is -0.481 e. The van der Waals surface area contributed by atoms with E-state index in [1.54, 1.807) is 12.1 Å². The largest absolute Gasteiger partial charge is 0.481 e. The van der Waals surface area contributed by atoms with Gasteiger partial charge in [-0.1, -0.05) is 43.1 Å². The quantitative estimate of drug-likeness (QED) is 0.423. The third-order valence-corrected chi connectivity index (χ3v) is 6.53. The van der Waals surface area contributed by atoms with Crippen LogP contribution in [0.2, 0.25) is 5.02 Å². The molecule has 0 saturated carbocycles. The maximum absolute atomic E-state index is 12.8. The molecule has 1 heterocycles. The van der Waals surface area contributed by atoms with Gasteiger partial charge in [0.25, 0.3) is 0 Å². The van der Waals surface area contributed by atoms with Crippen molar-refractivity contribution in [3.05, 3.63) is 45.8 Å². The molecule has 0 saturated heterocycles. The first-order chi connectivity index (χ1) is 15.2. The molecule has 0 radical (unpaired) electrons. The zero-order valence-corrected chi connectivity index (χ0v) is 19.9. The molecule has 2 aromatic rings. The Bertz CT molecular complexity index is 953. The normalized spacial score (nSPS) is 16.6. The van der Waals surface area contributed by atoms with Gasteiger partial charge < -0.3 is 14.9 Å². The van der Waals surface area contributed by atoms with E-state index in [1.165, 1.54) is 0 Å². The summed E-state index contributed by atoms with van der Waals surface area (Å²) < 4.78 is 5.80. The van der Waals surface area contributed by atoms with Gasteiger partial charge in [-0.15, -0.1) is 0 Å². The number of hydrogen-bond donors (Lipinski definition) is 2. The second-order valence-electron chi connectivity index (χ2n) is 9.34. The summed E-state index contributed by atoms with van der Waals surface area (Å²) in [6.07, 6.45) is 5.63. The number of halogens is 1. The van der Waals surface area contributed by atoms with Gasteiger partial charge in [-0.3, -0.25) is 9.59 Å². The number of benzene rings is 1. The van der Waals surface area contributed by atoms with Gasteiger partial charge in [-0.05, 0) is 62.6 Å². The number of hydrogen-bond acceptors (Lipinski definition) is 4. The van der Waals surface area contributed by atoms with Crippen molar-refractivity contribution in [1.82, 2.24) is 5.16 Å². The van der Waals surface area contributed by atoms with E-state index < -0.39 is 5.97 Å². The van der Waals surface area contributed by atoms with Crippen molar-refractivity contribution in [3.63, 3.8) is 0 Å². The third kappa shape index (κ3) is 6.35. The predicted octanol–water partition coefficient (Wildman–Crippen LogP) is 6.47. The summed E-state index contributed by atoms with van der Waals surface area (Å²) in [6.45, 7) is 6.37. The predicted molar refractivity (Wildman–Crippen MR) is 125 cm³/mol. The average Bonchev–Trinajstić information content (AvgIpc) is 3.16. The Kier molecular flexibility index (Phi) is 8.35. The van der Waals surface area contributed by atoms with Gasteiger partial charge in [0.2, 0.25) is 5.91 Å². The van der Waals surface area contributed by atoms with Crippen LogP contribution in [0.3, 0.4) is 0 Å². The van der Waals surface area contributed by atoms with Gasteiger partial charge in [-0.25, -0.2) is 0 Å². The van der Waals surface area contributed by atoms with Gasteiger partial charge >= 0.3 is 5.97 Å².